The Labute approximate surface area is 148 Å². The molecular weight excluding hydrogens is 352 g/mol. The predicted octanol–water partition coefficient (Wildman–Crippen LogP) is -3.35. The van der Waals surface area contributed by atoms with E-state index >= 15 is 0 Å². The number of carbonyl (C=O) groups excluding carboxylic acids is 3. The van der Waals surface area contributed by atoms with E-state index in [0.29, 0.717) is 0 Å². The molecule has 13 nitrogen and oxygen atoms in total. The van der Waals surface area contributed by atoms with Crippen LogP contribution in [0.2, 0.25) is 0 Å². The highest BCUT2D eigenvalue weighted by atomic mass is 16.4. The third-order valence-corrected chi connectivity index (χ3v) is 4.89. The SMILES string of the molecule is CN1C(=O)N(CN2CCN(CN3C(=O)N(C)C(O)C3O)C2=O)C(O)C1O. The Bertz CT molecular complexity index is 570. The summed E-state index contributed by atoms with van der Waals surface area (Å²) in [5.74, 6) is 0. The Morgan fingerprint density at radius 1 is 0.692 bits per heavy atom. The summed E-state index contributed by atoms with van der Waals surface area (Å²) in [6.07, 6.45) is -5.68. The molecule has 3 aliphatic heterocycles. The van der Waals surface area contributed by atoms with Crippen molar-refractivity contribution in [2.24, 2.45) is 0 Å². The maximum Gasteiger partial charge on any atom is 0.325 e. The molecule has 3 rings (SSSR count). The van der Waals surface area contributed by atoms with Crippen molar-refractivity contribution in [1.82, 2.24) is 29.4 Å². The Morgan fingerprint density at radius 2 is 1.04 bits per heavy atom. The minimum absolute atomic E-state index is 0.226. The molecule has 3 saturated heterocycles. The van der Waals surface area contributed by atoms with Gasteiger partial charge in [-0.1, -0.05) is 0 Å². The zero-order valence-electron chi connectivity index (χ0n) is 14.3. The van der Waals surface area contributed by atoms with E-state index in [9.17, 15) is 34.8 Å². The highest BCUT2D eigenvalue weighted by Gasteiger charge is 2.46. The van der Waals surface area contributed by atoms with Gasteiger partial charge in [0.1, 0.15) is 13.3 Å². The van der Waals surface area contributed by atoms with Gasteiger partial charge < -0.3 is 30.2 Å². The lowest BCUT2D eigenvalue weighted by atomic mass is 10.5. The number of urea groups is 3. The van der Waals surface area contributed by atoms with Gasteiger partial charge in [0.25, 0.3) is 0 Å². The lowest BCUT2D eigenvalue weighted by Crippen LogP contribution is -2.48. The minimum Gasteiger partial charge on any atom is -0.369 e. The molecule has 0 aromatic carbocycles. The van der Waals surface area contributed by atoms with Crippen LogP contribution in [0.4, 0.5) is 14.4 Å². The van der Waals surface area contributed by atoms with Gasteiger partial charge in [-0.3, -0.25) is 19.6 Å². The molecule has 0 bridgehead atoms. The Balaban J connectivity index is 1.62. The van der Waals surface area contributed by atoms with Crippen LogP contribution in [0.25, 0.3) is 0 Å². The average molecular weight is 374 g/mol. The molecule has 3 heterocycles. The summed E-state index contributed by atoms with van der Waals surface area (Å²) in [5, 5.41) is 39.2. The first kappa shape index (κ1) is 18.4. The van der Waals surface area contributed by atoms with Gasteiger partial charge in [0.05, 0.1) is 0 Å². The first-order valence-corrected chi connectivity index (χ1v) is 7.98. The number of aliphatic hydroxyl groups excluding tert-OH is 4. The second-order valence-electron chi connectivity index (χ2n) is 6.47. The van der Waals surface area contributed by atoms with E-state index in [2.05, 4.69) is 0 Å². The second-order valence-corrected chi connectivity index (χ2v) is 6.47. The van der Waals surface area contributed by atoms with Crippen LogP contribution < -0.4 is 0 Å². The summed E-state index contributed by atoms with van der Waals surface area (Å²) in [6, 6.07) is -1.74. The summed E-state index contributed by atoms with van der Waals surface area (Å²) in [6.45, 7) is 0.00282. The number of likely N-dealkylation sites (N-methyl/N-ethyl adjacent to an activating group) is 2. The van der Waals surface area contributed by atoms with Gasteiger partial charge >= 0.3 is 18.1 Å². The van der Waals surface area contributed by atoms with Crippen molar-refractivity contribution in [2.75, 3.05) is 40.5 Å². The smallest absolute Gasteiger partial charge is 0.325 e. The fraction of sp³-hybridized carbons (Fsp3) is 0.769. The normalized spacial score (nSPS) is 32.8. The summed E-state index contributed by atoms with van der Waals surface area (Å²) < 4.78 is 0. The number of amides is 6. The molecule has 6 amide bonds. The monoisotopic (exact) mass is 374 g/mol. The van der Waals surface area contributed by atoms with Crippen molar-refractivity contribution in [1.29, 1.82) is 0 Å². The average Bonchev–Trinajstić information content (AvgIpc) is 3.12. The highest BCUT2D eigenvalue weighted by Crippen LogP contribution is 2.22. The van der Waals surface area contributed by atoms with Gasteiger partial charge in [0.15, 0.2) is 24.9 Å². The Hall–Kier alpha value is -2.35. The molecule has 0 aromatic rings. The van der Waals surface area contributed by atoms with Crippen LogP contribution >= 0.6 is 0 Å². The van der Waals surface area contributed by atoms with E-state index in [0.717, 1.165) is 19.6 Å². The Kier molecular flexibility index (Phi) is 4.56. The van der Waals surface area contributed by atoms with Crippen LogP contribution in [0.1, 0.15) is 0 Å². The molecule has 3 aliphatic rings. The largest absolute Gasteiger partial charge is 0.369 e. The van der Waals surface area contributed by atoms with Crippen LogP contribution in [0, 0.1) is 0 Å². The molecule has 0 spiro atoms. The molecule has 0 aromatic heterocycles. The lowest BCUT2D eigenvalue weighted by Gasteiger charge is -2.28. The van der Waals surface area contributed by atoms with Crippen LogP contribution in [0.15, 0.2) is 0 Å². The fourth-order valence-electron chi connectivity index (χ4n) is 3.13. The lowest BCUT2D eigenvalue weighted by molar-refractivity contribution is -0.0693. The van der Waals surface area contributed by atoms with Gasteiger partial charge in [0.2, 0.25) is 0 Å². The van der Waals surface area contributed by atoms with E-state index in [4.69, 9.17) is 0 Å². The molecule has 13 heteroatoms. The number of hydrogen-bond acceptors (Lipinski definition) is 7. The van der Waals surface area contributed by atoms with Crippen molar-refractivity contribution in [2.45, 2.75) is 24.9 Å². The van der Waals surface area contributed by atoms with Crippen LogP contribution in [0.3, 0.4) is 0 Å². The van der Waals surface area contributed by atoms with Gasteiger partial charge in [-0.05, 0) is 0 Å². The predicted molar refractivity (Wildman–Crippen MR) is 82.6 cm³/mol. The van der Waals surface area contributed by atoms with Gasteiger partial charge in [-0.25, -0.2) is 14.4 Å². The van der Waals surface area contributed by atoms with Crippen molar-refractivity contribution < 1.29 is 34.8 Å². The van der Waals surface area contributed by atoms with Crippen molar-refractivity contribution >= 4 is 18.1 Å². The van der Waals surface area contributed by atoms with Gasteiger partial charge in [-0.15, -0.1) is 0 Å². The maximum absolute atomic E-state index is 12.5. The molecule has 0 saturated carbocycles. The molecule has 146 valence electrons. The van der Waals surface area contributed by atoms with E-state index in [-0.39, 0.29) is 26.4 Å². The molecule has 0 aliphatic carbocycles. The van der Waals surface area contributed by atoms with E-state index in [1.165, 1.54) is 23.9 Å². The quantitative estimate of drug-likeness (QED) is 0.401. The number of nitrogens with zero attached hydrogens (tertiary/aromatic N) is 6. The molecule has 3 fully saturated rings. The summed E-state index contributed by atoms with van der Waals surface area (Å²) in [7, 11) is 2.66. The molecule has 26 heavy (non-hydrogen) atoms. The van der Waals surface area contributed by atoms with Crippen molar-refractivity contribution in [3.05, 3.63) is 0 Å². The molecule has 4 unspecified atom stereocenters. The maximum atomic E-state index is 12.5. The van der Waals surface area contributed by atoms with Crippen molar-refractivity contribution in [3.63, 3.8) is 0 Å². The van der Waals surface area contributed by atoms with Crippen LogP contribution in [-0.4, -0.2) is 133 Å². The third kappa shape index (κ3) is 2.68. The number of rotatable bonds is 4. The van der Waals surface area contributed by atoms with E-state index < -0.39 is 43.0 Å². The summed E-state index contributed by atoms with van der Waals surface area (Å²) in [4.78, 5) is 42.9. The minimum atomic E-state index is -1.46. The molecule has 0 radical (unpaired) electrons. The topological polar surface area (TPSA) is 152 Å². The van der Waals surface area contributed by atoms with Crippen molar-refractivity contribution in [3.8, 4) is 0 Å². The number of hydrogen-bond donors (Lipinski definition) is 4. The fourth-order valence-corrected chi connectivity index (χ4v) is 3.13. The van der Waals surface area contributed by atoms with Gasteiger partial charge in [-0.2, -0.15) is 0 Å². The first-order valence-electron chi connectivity index (χ1n) is 7.98. The molecular formula is C13H22N6O7. The Morgan fingerprint density at radius 3 is 1.31 bits per heavy atom. The standard InChI is InChI=1S/C13H22N6O7/c1-14-7(20)9(22)18(11(14)24)5-16-3-4-17(13(16)26)6-19-10(23)8(21)15(2)12(19)25/h7-10,20-23H,3-6H2,1-2H3. The summed E-state index contributed by atoms with van der Waals surface area (Å²) >= 11 is 0. The number of aliphatic hydroxyl groups is 4. The molecule has 4 atom stereocenters. The second kappa shape index (κ2) is 6.42. The van der Waals surface area contributed by atoms with Gasteiger partial charge in [0, 0.05) is 27.2 Å². The first-order chi connectivity index (χ1) is 12.1. The third-order valence-electron chi connectivity index (χ3n) is 4.89. The molecule has 4 N–H and O–H groups in total. The van der Waals surface area contributed by atoms with Crippen LogP contribution in [-0.2, 0) is 0 Å². The van der Waals surface area contributed by atoms with E-state index in [1.807, 2.05) is 0 Å². The number of carbonyl (C=O) groups is 3. The van der Waals surface area contributed by atoms with Crippen LogP contribution in [0.5, 0.6) is 0 Å². The zero-order chi connectivity index (χ0) is 19.3. The van der Waals surface area contributed by atoms with E-state index in [1.54, 1.807) is 0 Å². The summed E-state index contributed by atoms with van der Waals surface area (Å²) in [5.41, 5.74) is 0. The zero-order valence-corrected chi connectivity index (χ0v) is 14.3. The highest BCUT2D eigenvalue weighted by molar-refractivity contribution is 5.81.